The van der Waals surface area contributed by atoms with Crippen LogP contribution in [0.2, 0.25) is 0 Å². The van der Waals surface area contributed by atoms with Gasteiger partial charge in [0.15, 0.2) is 0 Å². The largest absolute Gasteiger partial charge is 0.383 e. The van der Waals surface area contributed by atoms with Crippen LogP contribution in [0.1, 0.15) is 38.5 Å². The molecule has 0 saturated carbocycles. The van der Waals surface area contributed by atoms with E-state index in [1.807, 2.05) is 31.4 Å². The molecule has 0 radical (unpaired) electrons. The fraction of sp³-hybridized carbons (Fsp3) is 0.615. The first-order valence-corrected chi connectivity index (χ1v) is 6.93. The van der Waals surface area contributed by atoms with Crippen molar-refractivity contribution in [2.75, 3.05) is 6.54 Å². The number of carbonyl (C=O) groups is 1. The topological polar surface area (TPSA) is 49.3 Å². The summed E-state index contributed by atoms with van der Waals surface area (Å²) in [6, 6.07) is 3.78. The molecule has 3 nitrogen and oxygen atoms in total. The van der Waals surface area contributed by atoms with Crippen molar-refractivity contribution >= 4 is 17.2 Å². The first-order chi connectivity index (χ1) is 8.01. The Morgan fingerprint density at radius 2 is 2.18 bits per heavy atom. The standard InChI is InChI=1S/C13H21NO2S/c1-4-10(5-2)12(15)14-9-13(3,16)11-7-6-8-17-11/h6-8,10,16H,4-5,9H2,1-3H3,(H,14,15)/t13-/m0/s1. The van der Waals surface area contributed by atoms with Crippen LogP contribution in [-0.2, 0) is 10.4 Å². The van der Waals surface area contributed by atoms with Crippen LogP contribution in [0, 0.1) is 5.92 Å². The quantitative estimate of drug-likeness (QED) is 0.820. The Labute approximate surface area is 107 Å². The van der Waals surface area contributed by atoms with Crippen LogP contribution in [0.25, 0.3) is 0 Å². The van der Waals surface area contributed by atoms with Gasteiger partial charge < -0.3 is 10.4 Å². The molecule has 0 bridgehead atoms. The molecule has 0 unspecified atom stereocenters. The Kier molecular flexibility index (Phi) is 5.15. The van der Waals surface area contributed by atoms with Gasteiger partial charge in [-0.25, -0.2) is 0 Å². The van der Waals surface area contributed by atoms with Gasteiger partial charge in [0, 0.05) is 10.8 Å². The number of aliphatic hydroxyl groups is 1. The van der Waals surface area contributed by atoms with Gasteiger partial charge in [0.05, 0.1) is 6.54 Å². The van der Waals surface area contributed by atoms with Gasteiger partial charge in [0.25, 0.3) is 0 Å². The number of amides is 1. The van der Waals surface area contributed by atoms with E-state index in [4.69, 9.17) is 0 Å². The molecule has 1 aromatic rings. The van der Waals surface area contributed by atoms with Crippen LogP contribution in [0.15, 0.2) is 17.5 Å². The van der Waals surface area contributed by atoms with Crippen molar-refractivity contribution in [3.05, 3.63) is 22.4 Å². The van der Waals surface area contributed by atoms with Crippen molar-refractivity contribution in [2.24, 2.45) is 5.92 Å². The van der Waals surface area contributed by atoms with E-state index in [0.717, 1.165) is 17.7 Å². The summed E-state index contributed by atoms with van der Waals surface area (Å²) >= 11 is 1.50. The van der Waals surface area contributed by atoms with Crippen molar-refractivity contribution in [1.29, 1.82) is 0 Å². The van der Waals surface area contributed by atoms with E-state index in [-0.39, 0.29) is 18.4 Å². The first kappa shape index (κ1) is 14.2. The van der Waals surface area contributed by atoms with E-state index in [2.05, 4.69) is 5.32 Å². The highest BCUT2D eigenvalue weighted by molar-refractivity contribution is 7.10. The van der Waals surface area contributed by atoms with Crippen molar-refractivity contribution < 1.29 is 9.90 Å². The van der Waals surface area contributed by atoms with Crippen molar-refractivity contribution in [3.63, 3.8) is 0 Å². The van der Waals surface area contributed by atoms with Gasteiger partial charge in [0.1, 0.15) is 5.60 Å². The molecule has 1 heterocycles. The highest BCUT2D eigenvalue weighted by Gasteiger charge is 2.25. The van der Waals surface area contributed by atoms with Crippen LogP contribution in [-0.4, -0.2) is 17.6 Å². The first-order valence-electron chi connectivity index (χ1n) is 6.05. The van der Waals surface area contributed by atoms with Crippen molar-refractivity contribution in [1.82, 2.24) is 5.32 Å². The van der Waals surface area contributed by atoms with Gasteiger partial charge in [-0.1, -0.05) is 19.9 Å². The van der Waals surface area contributed by atoms with Crippen molar-refractivity contribution in [2.45, 2.75) is 39.2 Å². The van der Waals surface area contributed by atoms with Crippen LogP contribution in [0.4, 0.5) is 0 Å². The third kappa shape index (κ3) is 3.82. The molecule has 96 valence electrons. The lowest BCUT2D eigenvalue weighted by molar-refractivity contribution is -0.126. The summed E-state index contributed by atoms with van der Waals surface area (Å²) in [6.07, 6.45) is 1.67. The Bertz CT molecular complexity index is 342. The lowest BCUT2D eigenvalue weighted by atomic mass is 10.0. The van der Waals surface area contributed by atoms with Crippen LogP contribution in [0.5, 0.6) is 0 Å². The molecule has 0 aliphatic rings. The summed E-state index contributed by atoms with van der Waals surface area (Å²) in [5.74, 6) is 0.0842. The number of nitrogens with one attached hydrogen (secondary N) is 1. The average Bonchev–Trinajstić information content (AvgIpc) is 2.82. The summed E-state index contributed by atoms with van der Waals surface area (Å²) in [6.45, 7) is 6.01. The summed E-state index contributed by atoms with van der Waals surface area (Å²) in [5.41, 5.74) is -0.976. The molecule has 1 amide bonds. The monoisotopic (exact) mass is 255 g/mol. The summed E-state index contributed by atoms with van der Waals surface area (Å²) < 4.78 is 0. The number of hydrogen-bond donors (Lipinski definition) is 2. The van der Waals surface area contributed by atoms with E-state index in [1.165, 1.54) is 11.3 Å². The maximum Gasteiger partial charge on any atom is 0.223 e. The minimum Gasteiger partial charge on any atom is -0.383 e. The SMILES string of the molecule is CCC(CC)C(=O)NC[C@](C)(O)c1cccs1. The number of thiophene rings is 1. The number of rotatable bonds is 6. The number of carbonyl (C=O) groups excluding carboxylic acids is 1. The van der Waals surface area contributed by atoms with E-state index in [0.29, 0.717) is 0 Å². The van der Waals surface area contributed by atoms with Crippen LogP contribution < -0.4 is 5.32 Å². The van der Waals surface area contributed by atoms with E-state index >= 15 is 0 Å². The molecule has 1 aromatic heterocycles. The summed E-state index contributed by atoms with van der Waals surface area (Å²) in [5, 5.41) is 15.0. The molecule has 2 N–H and O–H groups in total. The van der Waals surface area contributed by atoms with Gasteiger partial charge in [-0.2, -0.15) is 0 Å². The zero-order valence-corrected chi connectivity index (χ0v) is 11.5. The van der Waals surface area contributed by atoms with Gasteiger partial charge in [-0.05, 0) is 31.2 Å². The Balaban J connectivity index is 2.53. The minimum absolute atomic E-state index is 0.0341. The molecule has 0 aliphatic carbocycles. The second kappa shape index (κ2) is 6.17. The van der Waals surface area contributed by atoms with Crippen LogP contribution in [0.3, 0.4) is 0 Å². The number of hydrogen-bond acceptors (Lipinski definition) is 3. The summed E-state index contributed by atoms with van der Waals surface area (Å²) in [7, 11) is 0. The maximum atomic E-state index is 11.8. The zero-order valence-electron chi connectivity index (χ0n) is 10.7. The van der Waals surface area contributed by atoms with Crippen LogP contribution >= 0.6 is 11.3 Å². The van der Waals surface area contributed by atoms with Crippen molar-refractivity contribution in [3.8, 4) is 0 Å². The third-order valence-corrected chi connectivity index (χ3v) is 4.14. The molecule has 0 fully saturated rings. The third-order valence-electron chi connectivity index (χ3n) is 3.02. The minimum atomic E-state index is -0.976. The highest BCUT2D eigenvalue weighted by Crippen LogP contribution is 2.24. The molecule has 0 aliphatic heterocycles. The molecule has 1 rings (SSSR count). The average molecular weight is 255 g/mol. The predicted octanol–water partition coefficient (Wildman–Crippen LogP) is 2.51. The van der Waals surface area contributed by atoms with Gasteiger partial charge >= 0.3 is 0 Å². The van der Waals surface area contributed by atoms with E-state index in [9.17, 15) is 9.90 Å². The van der Waals surface area contributed by atoms with Gasteiger partial charge in [-0.3, -0.25) is 4.79 Å². The molecule has 0 aromatic carbocycles. The van der Waals surface area contributed by atoms with Gasteiger partial charge in [-0.15, -0.1) is 11.3 Å². The molecule has 0 saturated heterocycles. The van der Waals surface area contributed by atoms with E-state index < -0.39 is 5.60 Å². The highest BCUT2D eigenvalue weighted by atomic mass is 32.1. The smallest absolute Gasteiger partial charge is 0.223 e. The molecule has 4 heteroatoms. The van der Waals surface area contributed by atoms with Gasteiger partial charge in [0.2, 0.25) is 5.91 Å². The zero-order chi connectivity index (χ0) is 12.9. The Hall–Kier alpha value is -0.870. The lowest BCUT2D eigenvalue weighted by Crippen LogP contribution is -2.40. The lowest BCUT2D eigenvalue weighted by Gasteiger charge is -2.23. The Morgan fingerprint density at radius 1 is 1.53 bits per heavy atom. The molecule has 0 spiro atoms. The molecular formula is C13H21NO2S. The normalized spacial score (nSPS) is 14.6. The predicted molar refractivity (Wildman–Crippen MR) is 71.0 cm³/mol. The summed E-state index contributed by atoms with van der Waals surface area (Å²) in [4.78, 5) is 12.7. The fourth-order valence-corrected chi connectivity index (χ4v) is 2.52. The second-order valence-corrected chi connectivity index (χ2v) is 5.43. The fourth-order valence-electron chi connectivity index (χ4n) is 1.74. The Morgan fingerprint density at radius 3 is 2.65 bits per heavy atom. The second-order valence-electron chi connectivity index (χ2n) is 4.48. The maximum absolute atomic E-state index is 11.8. The molecular weight excluding hydrogens is 234 g/mol. The molecule has 1 atom stereocenters. The molecule has 17 heavy (non-hydrogen) atoms. The van der Waals surface area contributed by atoms with E-state index in [1.54, 1.807) is 6.92 Å².